The highest BCUT2D eigenvalue weighted by molar-refractivity contribution is 4.71. The van der Waals surface area contributed by atoms with Crippen molar-refractivity contribution >= 4 is 0 Å². The lowest BCUT2D eigenvalue weighted by Crippen LogP contribution is -2.41. The van der Waals surface area contributed by atoms with Crippen LogP contribution in [0.15, 0.2) is 0 Å². The minimum absolute atomic E-state index is 0.295. The molecule has 3 atom stereocenters. The molecule has 1 N–H and O–H groups in total. The molecule has 0 bridgehead atoms. The third kappa shape index (κ3) is 4.38. The van der Waals surface area contributed by atoms with E-state index in [9.17, 15) is 0 Å². The van der Waals surface area contributed by atoms with Crippen LogP contribution in [0.4, 0.5) is 0 Å². The van der Waals surface area contributed by atoms with Crippen molar-refractivity contribution in [3.63, 3.8) is 0 Å². The zero-order valence-electron chi connectivity index (χ0n) is 8.35. The van der Waals surface area contributed by atoms with Crippen LogP contribution in [-0.2, 0) is 4.74 Å². The molecule has 68 valence electrons. The van der Waals surface area contributed by atoms with Crippen molar-refractivity contribution in [2.45, 2.75) is 52.3 Å². The van der Waals surface area contributed by atoms with Gasteiger partial charge in [0.2, 0.25) is 0 Å². The van der Waals surface area contributed by atoms with Crippen molar-refractivity contribution in [1.29, 1.82) is 0 Å². The van der Waals surface area contributed by atoms with Crippen LogP contribution in [0.5, 0.6) is 0 Å². The monoisotopic (exact) mass is 159 g/mol. The standard InChI is InChI=1S/C9H21NO/c1-6-7(2)10-8(3)9(4)11-5/h7-10H,6H2,1-5H3/t7-,8?,9+/m1/s1. The summed E-state index contributed by atoms with van der Waals surface area (Å²) in [6.45, 7) is 8.61. The molecule has 0 rings (SSSR count). The van der Waals surface area contributed by atoms with Crippen molar-refractivity contribution in [1.82, 2.24) is 5.32 Å². The minimum atomic E-state index is 0.295. The quantitative estimate of drug-likeness (QED) is 0.660. The molecule has 0 saturated heterocycles. The fraction of sp³-hybridized carbons (Fsp3) is 1.00. The summed E-state index contributed by atoms with van der Waals surface area (Å²) >= 11 is 0. The molecule has 0 aliphatic heterocycles. The van der Waals surface area contributed by atoms with Crippen molar-refractivity contribution in [2.75, 3.05) is 7.11 Å². The number of hydrogen-bond acceptors (Lipinski definition) is 2. The Morgan fingerprint density at radius 1 is 1.27 bits per heavy atom. The molecule has 0 aromatic heterocycles. The van der Waals surface area contributed by atoms with Crippen LogP contribution in [-0.4, -0.2) is 25.3 Å². The second-order valence-electron chi connectivity index (χ2n) is 3.21. The summed E-state index contributed by atoms with van der Waals surface area (Å²) in [4.78, 5) is 0. The van der Waals surface area contributed by atoms with Crippen molar-refractivity contribution in [2.24, 2.45) is 0 Å². The summed E-state index contributed by atoms with van der Waals surface area (Å²) in [7, 11) is 1.75. The first-order valence-corrected chi connectivity index (χ1v) is 4.40. The van der Waals surface area contributed by atoms with Crippen LogP contribution in [0.25, 0.3) is 0 Å². The van der Waals surface area contributed by atoms with E-state index >= 15 is 0 Å². The summed E-state index contributed by atoms with van der Waals surface area (Å²) < 4.78 is 5.19. The predicted octanol–water partition coefficient (Wildman–Crippen LogP) is 1.80. The highest BCUT2D eigenvalue weighted by atomic mass is 16.5. The van der Waals surface area contributed by atoms with Gasteiger partial charge in [0.1, 0.15) is 0 Å². The van der Waals surface area contributed by atoms with E-state index in [0.717, 1.165) is 0 Å². The second kappa shape index (κ2) is 5.56. The van der Waals surface area contributed by atoms with Crippen LogP contribution in [0.1, 0.15) is 34.1 Å². The van der Waals surface area contributed by atoms with E-state index in [-0.39, 0.29) is 0 Å². The zero-order valence-corrected chi connectivity index (χ0v) is 8.35. The van der Waals surface area contributed by atoms with Gasteiger partial charge in [0, 0.05) is 19.2 Å². The van der Waals surface area contributed by atoms with E-state index in [2.05, 4.69) is 33.0 Å². The molecule has 11 heavy (non-hydrogen) atoms. The van der Waals surface area contributed by atoms with E-state index in [1.165, 1.54) is 6.42 Å². The fourth-order valence-electron chi connectivity index (χ4n) is 0.906. The molecule has 0 aromatic rings. The Kier molecular flexibility index (Phi) is 5.51. The molecule has 2 nitrogen and oxygen atoms in total. The molecule has 0 heterocycles. The number of nitrogens with one attached hydrogen (secondary N) is 1. The SMILES string of the molecule is CC[C@@H](C)NC(C)[C@H](C)OC. The summed E-state index contributed by atoms with van der Waals surface area (Å²) in [6, 6.07) is 1.03. The van der Waals surface area contributed by atoms with Gasteiger partial charge in [-0.3, -0.25) is 0 Å². The first kappa shape index (κ1) is 10.9. The van der Waals surface area contributed by atoms with Gasteiger partial charge in [0.25, 0.3) is 0 Å². The van der Waals surface area contributed by atoms with Gasteiger partial charge in [-0.1, -0.05) is 6.92 Å². The molecule has 0 aromatic carbocycles. The van der Waals surface area contributed by atoms with Gasteiger partial charge >= 0.3 is 0 Å². The summed E-state index contributed by atoms with van der Waals surface area (Å²) in [6.07, 6.45) is 1.46. The van der Waals surface area contributed by atoms with Gasteiger partial charge in [-0.2, -0.15) is 0 Å². The maximum absolute atomic E-state index is 5.19. The maximum atomic E-state index is 5.19. The lowest BCUT2D eigenvalue weighted by Gasteiger charge is -2.23. The Labute approximate surface area is 70.3 Å². The molecule has 0 aliphatic carbocycles. The lowest BCUT2D eigenvalue weighted by atomic mass is 10.1. The topological polar surface area (TPSA) is 21.3 Å². The molecule has 1 unspecified atom stereocenters. The Bertz CT molecular complexity index is 95.6. The molecular weight excluding hydrogens is 138 g/mol. The van der Waals surface area contributed by atoms with E-state index in [1.54, 1.807) is 7.11 Å². The largest absolute Gasteiger partial charge is 0.380 e. The average Bonchev–Trinajstić information content (AvgIpc) is 2.02. The van der Waals surface area contributed by atoms with Crippen molar-refractivity contribution < 1.29 is 4.74 Å². The minimum Gasteiger partial charge on any atom is -0.380 e. The Hall–Kier alpha value is -0.0800. The molecule has 2 heteroatoms. The molecule has 0 amide bonds. The molecule has 0 spiro atoms. The smallest absolute Gasteiger partial charge is 0.0693 e. The molecular formula is C9H21NO. The third-order valence-corrected chi connectivity index (χ3v) is 2.24. The van der Waals surface area contributed by atoms with E-state index in [1.807, 2.05) is 0 Å². The summed E-state index contributed by atoms with van der Waals surface area (Å²) in [5.41, 5.74) is 0. The van der Waals surface area contributed by atoms with Gasteiger partial charge in [0.05, 0.1) is 6.10 Å². The second-order valence-corrected chi connectivity index (χ2v) is 3.21. The first-order chi connectivity index (χ1) is 5.11. The van der Waals surface area contributed by atoms with Crippen LogP contribution in [0.3, 0.4) is 0 Å². The molecule has 0 radical (unpaired) electrons. The highest BCUT2D eigenvalue weighted by Gasteiger charge is 2.11. The third-order valence-electron chi connectivity index (χ3n) is 2.24. The normalized spacial score (nSPS) is 19.4. The number of methoxy groups -OCH3 is 1. The van der Waals surface area contributed by atoms with E-state index in [4.69, 9.17) is 4.74 Å². The van der Waals surface area contributed by atoms with Gasteiger partial charge in [0.15, 0.2) is 0 Å². The maximum Gasteiger partial charge on any atom is 0.0693 e. The Morgan fingerprint density at radius 2 is 1.82 bits per heavy atom. The number of hydrogen-bond donors (Lipinski definition) is 1. The zero-order chi connectivity index (χ0) is 8.85. The van der Waals surface area contributed by atoms with E-state index in [0.29, 0.717) is 18.2 Å². The van der Waals surface area contributed by atoms with Crippen LogP contribution < -0.4 is 5.32 Å². The number of ether oxygens (including phenoxy) is 1. The molecule has 0 aliphatic rings. The average molecular weight is 159 g/mol. The number of rotatable bonds is 5. The predicted molar refractivity (Wildman–Crippen MR) is 48.8 cm³/mol. The van der Waals surface area contributed by atoms with Gasteiger partial charge in [-0.15, -0.1) is 0 Å². The van der Waals surface area contributed by atoms with Crippen molar-refractivity contribution in [3.8, 4) is 0 Å². The van der Waals surface area contributed by atoms with E-state index < -0.39 is 0 Å². The first-order valence-electron chi connectivity index (χ1n) is 4.40. The van der Waals surface area contributed by atoms with Crippen LogP contribution in [0.2, 0.25) is 0 Å². The van der Waals surface area contributed by atoms with Gasteiger partial charge < -0.3 is 10.1 Å². The lowest BCUT2D eigenvalue weighted by molar-refractivity contribution is 0.0850. The van der Waals surface area contributed by atoms with Crippen LogP contribution >= 0.6 is 0 Å². The molecule has 0 fully saturated rings. The van der Waals surface area contributed by atoms with Gasteiger partial charge in [-0.05, 0) is 27.2 Å². The Morgan fingerprint density at radius 3 is 2.18 bits per heavy atom. The Balaban J connectivity index is 3.58. The summed E-state index contributed by atoms with van der Waals surface area (Å²) in [5, 5.41) is 3.46. The van der Waals surface area contributed by atoms with Crippen molar-refractivity contribution in [3.05, 3.63) is 0 Å². The van der Waals surface area contributed by atoms with Gasteiger partial charge in [-0.25, -0.2) is 0 Å². The molecule has 0 saturated carbocycles. The summed E-state index contributed by atoms with van der Waals surface area (Å²) in [5.74, 6) is 0. The highest BCUT2D eigenvalue weighted by Crippen LogP contribution is 1.99. The van der Waals surface area contributed by atoms with Crippen LogP contribution in [0, 0.1) is 0 Å². The fourth-order valence-corrected chi connectivity index (χ4v) is 0.906.